The Morgan fingerprint density at radius 2 is 0.537 bits per heavy atom. The number of rotatable bonds is 46. The third kappa shape index (κ3) is 52.4. The summed E-state index contributed by atoms with van der Waals surface area (Å²) in [7, 11) is 0. The summed E-state index contributed by atoms with van der Waals surface area (Å²) in [5.41, 5.74) is 0. The molecule has 0 aliphatic rings. The van der Waals surface area contributed by atoms with Gasteiger partial charge in [0, 0.05) is 19.3 Å². The molecule has 0 aliphatic carbocycles. The summed E-state index contributed by atoms with van der Waals surface area (Å²) in [6.45, 7) is 6.22. The minimum atomic E-state index is -0.813. The van der Waals surface area contributed by atoms with E-state index in [4.69, 9.17) is 14.2 Å². The Hall–Kier alpha value is -4.45. The van der Waals surface area contributed by atoms with Crippen LogP contribution in [0.4, 0.5) is 0 Å². The van der Waals surface area contributed by atoms with Crippen LogP contribution in [-0.4, -0.2) is 37.2 Å². The lowest BCUT2D eigenvalue weighted by atomic mass is 10.1. The second kappa shape index (κ2) is 54.2. The van der Waals surface area contributed by atoms with Crippen LogP contribution in [0.15, 0.2) is 134 Å². The molecule has 0 radical (unpaired) electrons. The molecular formula is C61H96O6. The van der Waals surface area contributed by atoms with Crippen LogP contribution in [0.25, 0.3) is 0 Å². The van der Waals surface area contributed by atoms with Crippen LogP contribution >= 0.6 is 0 Å². The number of hydrogen-bond acceptors (Lipinski definition) is 6. The Morgan fingerprint density at radius 3 is 0.851 bits per heavy atom. The quantitative estimate of drug-likeness (QED) is 0.0262. The first kappa shape index (κ1) is 62.5. The third-order valence-electron chi connectivity index (χ3n) is 10.6. The average Bonchev–Trinajstić information content (AvgIpc) is 3.33. The van der Waals surface area contributed by atoms with E-state index in [1.54, 1.807) is 0 Å². The van der Waals surface area contributed by atoms with Crippen molar-refractivity contribution in [1.29, 1.82) is 0 Å². The normalized spacial score (nSPS) is 13.2. The van der Waals surface area contributed by atoms with Gasteiger partial charge >= 0.3 is 17.9 Å². The maximum Gasteiger partial charge on any atom is 0.306 e. The number of hydrogen-bond donors (Lipinski definition) is 0. The maximum absolute atomic E-state index is 12.8. The summed E-state index contributed by atoms with van der Waals surface area (Å²) >= 11 is 0. The lowest BCUT2D eigenvalue weighted by molar-refractivity contribution is -0.167. The Labute approximate surface area is 411 Å². The van der Waals surface area contributed by atoms with Gasteiger partial charge in [-0.25, -0.2) is 0 Å². The highest BCUT2D eigenvalue weighted by molar-refractivity contribution is 5.71. The summed E-state index contributed by atoms with van der Waals surface area (Å²) in [5, 5.41) is 0. The van der Waals surface area contributed by atoms with Gasteiger partial charge in [-0.1, -0.05) is 199 Å². The van der Waals surface area contributed by atoms with Gasteiger partial charge in [0.25, 0.3) is 0 Å². The highest BCUT2D eigenvalue weighted by atomic mass is 16.6. The fourth-order valence-corrected chi connectivity index (χ4v) is 6.73. The Kier molecular flexibility index (Phi) is 50.6. The molecule has 0 saturated carbocycles. The average molecular weight is 925 g/mol. The van der Waals surface area contributed by atoms with Crippen molar-refractivity contribution >= 4 is 17.9 Å². The predicted molar refractivity (Wildman–Crippen MR) is 288 cm³/mol. The number of carbonyl (C=O) groups is 3. The van der Waals surface area contributed by atoms with E-state index < -0.39 is 6.10 Å². The number of allylic oxidation sites excluding steroid dienone is 22. The molecule has 0 aromatic rings. The summed E-state index contributed by atoms with van der Waals surface area (Å²) in [6.07, 6.45) is 75.7. The SMILES string of the molecule is CC/C=C\C/C=C\C/C=C\C/C=C\C/C=C\CCCCCC(=O)OC[C@@H](COC(=O)CCCCCCC/C=C\C/C=C\C/C=C\CC)OC(=O)CCCCCCC/C=C\C/C=C\C/C=C\CC. The molecule has 0 fully saturated rings. The molecule has 376 valence electrons. The molecule has 0 bridgehead atoms. The van der Waals surface area contributed by atoms with Gasteiger partial charge in [-0.3, -0.25) is 14.4 Å². The minimum Gasteiger partial charge on any atom is -0.462 e. The van der Waals surface area contributed by atoms with E-state index in [1.165, 1.54) is 0 Å². The summed E-state index contributed by atoms with van der Waals surface area (Å²) in [5.74, 6) is -0.983. The van der Waals surface area contributed by atoms with Crippen molar-refractivity contribution in [3.8, 4) is 0 Å². The monoisotopic (exact) mass is 925 g/mol. The lowest BCUT2D eigenvalue weighted by Gasteiger charge is -2.18. The topological polar surface area (TPSA) is 78.9 Å². The van der Waals surface area contributed by atoms with Gasteiger partial charge in [0.2, 0.25) is 0 Å². The van der Waals surface area contributed by atoms with Gasteiger partial charge < -0.3 is 14.2 Å². The van der Waals surface area contributed by atoms with E-state index in [1.807, 2.05) is 0 Å². The number of esters is 3. The third-order valence-corrected chi connectivity index (χ3v) is 10.6. The zero-order chi connectivity index (χ0) is 48.6. The Morgan fingerprint density at radius 1 is 0.299 bits per heavy atom. The van der Waals surface area contributed by atoms with Crippen molar-refractivity contribution in [2.75, 3.05) is 13.2 Å². The van der Waals surface area contributed by atoms with E-state index in [2.05, 4.69) is 154 Å². The van der Waals surface area contributed by atoms with Crippen molar-refractivity contribution in [1.82, 2.24) is 0 Å². The largest absolute Gasteiger partial charge is 0.462 e. The molecule has 6 heteroatoms. The van der Waals surface area contributed by atoms with Crippen molar-refractivity contribution in [2.24, 2.45) is 0 Å². The van der Waals surface area contributed by atoms with Crippen molar-refractivity contribution in [2.45, 2.75) is 219 Å². The Bertz CT molecular complexity index is 1480. The van der Waals surface area contributed by atoms with Crippen molar-refractivity contribution in [3.05, 3.63) is 134 Å². The molecule has 0 rings (SSSR count). The molecule has 1 atom stereocenters. The van der Waals surface area contributed by atoms with Gasteiger partial charge in [0.1, 0.15) is 13.2 Å². The van der Waals surface area contributed by atoms with E-state index in [-0.39, 0.29) is 31.1 Å². The molecule has 0 spiro atoms. The van der Waals surface area contributed by atoms with E-state index >= 15 is 0 Å². The first-order valence-corrected chi connectivity index (χ1v) is 26.7. The number of unbranched alkanes of at least 4 members (excludes halogenated alkanes) is 13. The van der Waals surface area contributed by atoms with E-state index in [9.17, 15) is 14.4 Å². The van der Waals surface area contributed by atoms with E-state index in [0.717, 1.165) is 173 Å². The molecule has 0 aromatic carbocycles. The smallest absolute Gasteiger partial charge is 0.306 e. The summed E-state index contributed by atoms with van der Waals surface area (Å²) in [4.78, 5) is 38.1. The second-order valence-corrected chi connectivity index (χ2v) is 17.0. The highest BCUT2D eigenvalue weighted by Crippen LogP contribution is 2.13. The van der Waals surface area contributed by atoms with Crippen LogP contribution in [0.2, 0.25) is 0 Å². The molecule has 0 N–H and O–H groups in total. The minimum absolute atomic E-state index is 0.110. The van der Waals surface area contributed by atoms with Crippen LogP contribution in [-0.2, 0) is 28.6 Å². The van der Waals surface area contributed by atoms with Crippen LogP contribution < -0.4 is 0 Å². The zero-order valence-corrected chi connectivity index (χ0v) is 42.9. The molecule has 0 saturated heterocycles. The van der Waals surface area contributed by atoms with Crippen LogP contribution in [0, 0.1) is 0 Å². The number of ether oxygens (including phenoxy) is 3. The van der Waals surface area contributed by atoms with Crippen LogP contribution in [0.3, 0.4) is 0 Å². The van der Waals surface area contributed by atoms with Crippen molar-refractivity contribution < 1.29 is 28.6 Å². The zero-order valence-electron chi connectivity index (χ0n) is 42.9. The van der Waals surface area contributed by atoms with Gasteiger partial charge in [-0.05, 0) is 128 Å². The molecule has 6 nitrogen and oxygen atoms in total. The molecule has 67 heavy (non-hydrogen) atoms. The number of carbonyl (C=O) groups excluding carboxylic acids is 3. The molecule has 0 aromatic heterocycles. The van der Waals surface area contributed by atoms with Gasteiger partial charge in [-0.2, -0.15) is 0 Å². The predicted octanol–water partition coefficient (Wildman–Crippen LogP) is 17.9. The first-order chi connectivity index (χ1) is 33.0. The van der Waals surface area contributed by atoms with Gasteiger partial charge in [-0.15, -0.1) is 0 Å². The van der Waals surface area contributed by atoms with Gasteiger partial charge in [0.05, 0.1) is 0 Å². The summed E-state index contributed by atoms with van der Waals surface area (Å²) < 4.78 is 16.8. The highest BCUT2D eigenvalue weighted by Gasteiger charge is 2.19. The van der Waals surface area contributed by atoms with Crippen LogP contribution in [0.1, 0.15) is 213 Å². The molecular weight excluding hydrogens is 829 g/mol. The van der Waals surface area contributed by atoms with Gasteiger partial charge in [0.15, 0.2) is 6.10 Å². The van der Waals surface area contributed by atoms with E-state index in [0.29, 0.717) is 19.3 Å². The van der Waals surface area contributed by atoms with Crippen LogP contribution in [0.5, 0.6) is 0 Å². The fourth-order valence-electron chi connectivity index (χ4n) is 6.73. The Balaban J connectivity index is 4.53. The first-order valence-electron chi connectivity index (χ1n) is 26.7. The summed E-state index contributed by atoms with van der Waals surface area (Å²) in [6, 6.07) is 0. The second-order valence-electron chi connectivity index (χ2n) is 17.0. The molecule has 0 heterocycles. The molecule has 0 aliphatic heterocycles. The lowest BCUT2D eigenvalue weighted by Crippen LogP contribution is -2.30. The molecule has 0 unspecified atom stereocenters. The molecule has 0 amide bonds. The maximum atomic E-state index is 12.8. The standard InChI is InChI=1S/C61H96O6/c1-4-7-10-13-16-19-22-25-28-29-30-31-34-36-39-42-45-48-51-54-60(63)66-57-58(67-61(64)55-52-49-46-43-40-37-33-27-24-21-18-15-12-9-6-3)56-65-59(62)53-50-47-44-41-38-35-32-26-23-20-17-14-11-8-5-2/h7-12,16-21,25-28,30-33,36,39,58H,4-6,13-15,22-24,29,34-35,37-38,40-57H2,1-3H3/b10-7-,11-8-,12-9-,19-16-,20-17-,21-18-,28-25-,31-30-,32-26-,33-27-,39-36-/t58-/m1/s1. The fraction of sp³-hybridized carbons (Fsp3) is 0.590. The van der Waals surface area contributed by atoms with Crippen molar-refractivity contribution in [3.63, 3.8) is 0 Å².